The van der Waals surface area contributed by atoms with Gasteiger partial charge in [0.05, 0.1) is 11.1 Å². The molecule has 3 N–H and O–H groups in total. The summed E-state index contributed by atoms with van der Waals surface area (Å²) < 4.78 is 13.9. The van der Waals surface area contributed by atoms with Crippen molar-refractivity contribution in [3.63, 3.8) is 0 Å². The summed E-state index contributed by atoms with van der Waals surface area (Å²) in [4.78, 5) is 4.35. The van der Waals surface area contributed by atoms with Crippen LogP contribution in [0.25, 0.3) is 0 Å². The molecule has 0 aliphatic rings. The van der Waals surface area contributed by atoms with Crippen LogP contribution in [0.2, 0.25) is 0 Å². The van der Waals surface area contributed by atoms with E-state index < -0.39 is 11.2 Å². The van der Waals surface area contributed by atoms with E-state index in [2.05, 4.69) is 49.1 Å². The minimum absolute atomic E-state index is 0.290. The van der Waals surface area contributed by atoms with Crippen molar-refractivity contribution >= 4 is 5.71 Å². The van der Waals surface area contributed by atoms with E-state index in [0.717, 1.165) is 39.7 Å². The normalized spacial score (nSPS) is 16.5. The molecular weight excluding hydrogens is 469 g/mol. The average molecular weight is 512 g/mol. The number of hydrogen-bond acceptors (Lipinski definition) is 3. The maximum atomic E-state index is 13.9. The molecule has 0 heterocycles. The molecule has 0 spiro atoms. The molecule has 1 atom stereocenters. The molecule has 0 aromatic rings. The summed E-state index contributed by atoms with van der Waals surface area (Å²) in [5.74, 6) is 2.49. The van der Waals surface area contributed by atoms with E-state index in [9.17, 15) is 4.39 Å². The summed E-state index contributed by atoms with van der Waals surface area (Å²) in [5, 5.41) is 3.16. The third kappa shape index (κ3) is 9.26. The lowest BCUT2D eigenvalue weighted by Crippen LogP contribution is -2.27. The highest BCUT2D eigenvalue weighted by molar-refractivity contribution is 6.04. The molecule has 1 unspecified atom stereocenters. The quantitative estimate of drug-likeness (QED) is 0.132. The number of allylic oxidation sites excluding steroid dienone is 17. The van der Waals surface area contributed by atoms with E-state index in [0.29, 0.717) is 17.8 Å². The van der Waals surface area contributed by atoms with Gasteiger partial charge in [0.15, 0.2) is 0 Å². The molecule has 200 valence electrons. The monoisotopic (exact) mass is 511 g/mol. The molecule has 0 aromatic carbocycles. The maximum Gasteiger partial charge on any atom is 0.122 e. The fraction of sp³-hybridized carbons (Fsp3) is 0.206. The molecular formula is C34H42FN3. The Morgan fingerprint density at radius 3 is 2.08 bits per heavy atom. The van der Waals surface area contributed by atoms with Gasteiger partial charge in [-0.25, -0.2) is 4.39 Å². The summed E-state index contributed by atoms with van der Waals surface area (Å²) in [6, 6.07) is 0. The van der Waals surface area contributed by atoms with Crippen molar-refractivity contribution in [1.82, 2.24) is 5.32 Å². The minimum Gasteiger partial charge on any atom is -0.397 e. The van der Waals surface area contributed by atoms with Gasteiger partial charge in [-0.15, -0.1) is 6.42 Å². The first-order chi connectivity index (χ1) is 18.0. The summed E-state index contributed by atoms with van der Waals surface area (Å²) in [6.07, 6.45) is 24.7. The highest BCUT2D eigenvalue weighted by Gasteiger charge is 2.33. The van der Waals surface area contributed by atoms with Gasteiger partial charge in [-0.1, -0.05) is 92.5 Å². The Bertz CT molecular complexity index is 1220. The lowest BCUT2D eigenvalue weighted by atomic mass is 9.71. The van der Waals surface area contributed by atoms with Crippen molar-refractivity contribution in [3.8, 4) is 12.3 Å². The van der Waals surface area contributed by atoms with Gasteiger partial charge >= 0.3 is 0 Å². The predicted molar refractivity (Wildman–Crippen MR) is 167 cm³/mol. The molecule has 0 bridgehead atoms. The molecule has 0 saturated carbocycles. The van der Waals surface area contributed by atoms with E-state index in [1.165, 1.54) is 6.08 Å². The highest BCUT2D eigenvalue weighted by atomic mass is 19.1. The molecule has 38 heavy (non-hydrogen) atoms. The van der Waals surface area contributed by atoms with Crippen molar-refractivity contribution in [3.05, 3.63) is 145 Å². The zero-order chi connectivity index (χ0) is 29.3. The Morgan fingerprint density at radius 1 is 0.974 bits per heavy atom. The molecule has 0 aromatic heterocycles. The SMILES string of the molecule is C#CC(C\C(NC=C)=C(N)/C=C(C=C)\C(C(C)=NC)=C(/C)C=C)(/C(C)=C/C=C\C=C)/C(C)=C/C=C(/F)C=C. The van der Waals surface area contributed by atoms with Crippen LogP contribution in [0.15, 0.2) is 150 Å². The number of nitrogens with zero attached hydrogens (tertiary/aromatic N) is 1. The van der Waals surface area contributed by atoms with Crippen LogP contribution in [0.5, 0.6) is 0 Å². The Kier molecular flexibility index (Phi) is 15.2. The number of nitrogens with two attached hydrogens (primary N) is 1. The molecule has 0 amide bonds. The third-order valence-corrected chi connectivity index (χ3v) is 6.16. The first-order valence-electron chi connectivity index (χ1n) is 12.1. The number of aliphatic imine (C=N–C) groups is 1. The highest BCUT2D eigenvalue weighted by Crippen LogP contribution is 2.41. The second kappa shape index (κ2) is 17.2. The molecule has 0 aliphatic carbocycles. The van der Waals surface area contributed by atoms with Crippen molar-refractivity contribution in [2.75, 3.05) is 7.05 Å². The molecule has 0 rings (SSSR count). The van der Waals surface area contributed by atoms with E-state index in [-0.39, 0.29) is 0 Å². The molecule has 0 radical (unpaired) electrons. The Hall–Kier alpha value is -4.36. The van der Waals surface area contributed by atoms with Gasteiger partial charge in [0.2, 0.25) is 0 Å². The topological polar surface area (TPSA) is 50.4 Å². The number of nitrogens with one attached hydrogen (secondary N) is 1. The van der Waals surface area contributed by atoms with Crippen LogP contribution in [0.4, 0.5) is 4.39 Å². The zero-order valence-corrected chi connectivity index (χ0v) is 23.6. The van der Waals surface area contributed by atoms with Crippen LogP contribution in [0.1, 0.15) is 34.1 Å². The van der Waals surface area contributed by atoms with Gasteiger partial charge in [0, 0.05) is 30.5 Å². The molecule has 0 fully saturated rings. The zero-order valence-electron chi connectivity index (χ0n) is 23.6. The fourth-order valence-electron chi connectivity index (χ4n) is 3.75. The van der Waals surface area contributed by atoms with Gasteiger partial charge in [0.25, 0.3) is 0 Å². The van der Waals surface area contributed by atoms with Gasteiger partial charge in [0.1, 0.15) is 5.83 Å². The maximum absolute atomic E-state index is 13.9. The van der Waals surface area contributed by atoms with E-state index in [1.807, 2.05) is 45.9 Å². The van der Waals surface area contributed by atoms with Gasteiger partial charge < -0.3 is 11.1 Å². The number of rotatable bonds is 15. The van der Waals surface area contributed by atoms with Gasteiger partial charge in [-0.3, -0.25) is 4.99 Å². The Balaban J connectivity index is 7.40. The largest absolute Gasteiger partial charge is 0.397 e. The van der Waals surface area contributed by atoms with Crippen molar-refractivity contribution in [2.45, 2.75) is 34.1 Å². The van der Waals surface area contributed by atoms with Crippen molar-refractivity contribution in [2.24, 2.45) is 16.1 Å². The Labute approximate surface area is 229 Å². The molecule has 0 saturated heterocycles. The Morgan fingerprint density at radius 2 is 1.61 bits per heavy atom. The second-order valence-corrected chi connectivity index (χ2v) is 8.46. The van der Waals surface area contributed by atoms with Crippen LogP contribution in [-0.2, 0) is 0 Å². The van der Waals surface area contributed by atoms with Crippen LogP contribution in [0, 0.1) is 17.8 Å². The minimum atomic E-state index is -0.932. The first kappa shape index (κ1) is 33.6. The van der Waals surface area contributed by atoms with Crippen molar-refractivity contribution < 1.29 is 4.39 Å². The second-order valence-electron chi connectivity index (χ2n) is 8.46. The molecule has 3 nitrogen and oxygen atoms in total. The standard InChI is InChI=1S/C34H42FN3/c1-12-18-19-20-26(8)34(16-5,27(9)21-22-30(35)15-4)24-32(38-17-6)31(36)23-29(14-3)33(25(7)13-2)28(10)37-11/h5,12-15,17-23,38H,1-4,6,24,36H2,7-11H3/b19-18-,26-20+,27-21+,29-23-,30-22+,32-31-,33-25+,37-28?. The van der Waals surface area contributed by atoms with Crippen molar-refractivity contribution in [1.29, 1.82) is 0 Å². The summed E-state index contributed by atoms with van der Waals surface area (Å²) in [6.45, 7) is 26.5. The number of terminal acetylenes is 1. The number of hydrogen-bond donors (Lipinski definition) is 2. The summed E-state index contributed by atoms with van der Waals surface area (Å²) >= 11 is 0. The predicted octanol–water partition coefficient (Wildman–Crippen LogP) is 8.28. The lowest BCUT2D eigenvalue weighted by Gasteiger charge is -2.32. The summed E-state index contributed by atoms with van der Waals surface area (Å²) in [5.41, 5.74) is 11.8. The lowest BCUT2D eigenvalue weighted by molar-refractivity contribution is 0.547. The van der Waals surface area contributed by atoms with E-state index in [4.69, 9.17) is 12.2 Å². The third-order valence-electron chi connectivity index (χ3n) is 6.16. The van der Waals surface area contributed by atoms with E-state index >= 15 is 0 Å². The first-order valence-corrected chi connectivity index (χ1v) is 12.1. The van der Waals surface area contributed by atoms with Crippen LogP contribution in [0.3, 0.4) is 0 Å². The smallest absolute Gasteiger partial charge is 0.122 e. The van der Waals surface area contributed by atoms with Gasteiger partial charge in [-0.05, 0) is 63.3 Å². The fourth-order valence-corrected chi connectivity index (χ4v) is 3.75. The van der Waals surface area contributed by atoms with Crippen LogP contribution in [-0.4, -0.2) is 12.8 Å². The van der Waals surface area contributed by atoms with E-state index in [1.54, 1.807) is 43.6 Å². The van der Waals surface area contributed by atoms with Gasteiger partial charge in [-0.2, -0.15) is 0 Å². The molecule has 4 heteroatoms. The summed E-state index contributed by atoms with van der Waals surface area (Å²) in [7, 11) is 1.73. The van der Waals surface area contributed by atoms with Crippen LogP contribution < -0.4 is 11.1 Å². The average Bonchev–Trinajstić information content (AvgIpc) is 2.92. The van der Waals surface area contributed by atoms with Crippen LogP contribution >= 0.6 is 0 Å². The number of halogens is 1. The molecule has 0 aliphatic heterocycles.